The van der Waals surface area contributed by atoms with Crippen molar-refractivity contribution in [2.24, 2.45) is 13.0 Å². The van der Waals surface area contributed by atoms with Crippen molar-refractivity contribution < 1.29 is 14.4 Å². The van der Waals surface area contributed by atoms with E-state index >= 15 is 0 Å². The SMILES string of the molecule is C[C@@H]1CCCC[C@@]12NC(=O)N(CC(=O)NCc1nc3ccccc3n1C)C2=O. The third-order valence-corrected chi connectivity index (χ3v) is 6.13. The maximum atomic E-state index is 12.9. The molecule has 28 heavy (non-hydrogen) atoms. The maximum absolute atomic E-state index is 12.9. The zero-order valence-electron chi connectivity index (χ0n) is 16.2. The molecule has 4 rings (SSSR count). The normalized spacial score (nSPS) is 24.8. The molecule has 2 fully saturated rings. The van der Waals surface area contributed by atoms with Crippen molar-refractivity contribution in [3.8, 4) is 0 Å². The van der Waals surface area contributed by atoms with Gasteiger partial charge in [0.25, 0.3) is 5.91 Å². The molecule has 8 heteroatoms. The van der Waals surface area contributed by atoms with Gasteiger partial charge >= 0.3 is 6.03 Å². The smallest absolute Gasteiger partial charge is 0.325 e. The average molecular weight is 383 g/mol. The minimum atomic E-state index is -0.840. The summed E-state index contributed by atoms with van der Waals surface area (Å²) in [5, 5.41) is 5.64. The number of hydrogen-bond donors (Lipinski definition) is 2. The molecule has 1 aromatic heterocycles. The third-order valence-electron chi connectivity index (χ3n) is 6.13. The third kappa shape index (κ3) is 2.93. The number of imide groups is 1. The Labute approximate surface area is 163 Å². The maximum Gasteiger partial charge on any atom is 0.325 e. The molecule has 4 amide bonds. The largest absolute Gasteiger partial charge is 0.347 e. The van der Waals surface area contributed by atoms with Gasteiger partial charge in [-0.3, -0.25) is 14.5 Å². The van der Waals surface area contributed by atoms with Crippen LogP contribution in [0.1, 0.15) is 38.4 Å². The number of rotatable bonds is 4. The molecule has 1 aromatic carbocycles. The minimum Gasteiger partial charge on any atom is -0.347 e. The van der Waals surface area contributed by atoms with E-state index < -0.39 is 11.6 Å². The molecule has 2 aliphatic rings. The topological polar surface area (TPSA) is 96.3 Å². The number of urea groups is 1. The molecule has 0 radical (unpaired) electrons. The second-order valence-electron chi connectivity index (χ2n) is 7.79. The van der Waals surface area contributed by atoms with Crippen molar-refractivity contribution in [2.45, 2.75) is 44.7 Å². The Hall–Kier alpha value is -2.90. The van der Waals surface area contributed by atoms with Crippen LogP contribution in [0.15, 0.2) is 24.3 Å². The fraction of sp³-hybridized carbons (Fsp3) is 0.500. The quantitative estimate of drug-likeness (QED) is 0.786. The van der Waals surface area contributed by atoms with E-state index in [0.717, 1.165) is 35.2 Å². The van der Waals surface area contributed by atoms with Crippen LogP contribution in [0, 0.1) is 5.92 Å². The molecule has 0 unspecified atom stereocenters. The fourth-order valence-electron chi connectivity index (χ4n) is 4.37. The van der Waals surface area contributed by atoms with Crippen molar-refractivity contribution in [2.75, 3.05) is 6.54 Å². The summed E-state index contributed by atoms with van der Waals surface area (Å²) < 4.78 is 1.92. The van der Waals surface area contributed by atoms with Crippen LogP contribution >= 0.6 is 0 Å². The lowest BCUT2D eigenvalue weighted by Gasteiger charge is -2.36. The van der Waals surface area contributed by atoms with Crippen LogP contribution in [0.2, 0.25) is 0 Å². The molecule has 1 saturated heterocycles. The van der Waals surface area contributed by atoms with Gasteiger partial charge in [-0.1, -0.05) is 31.9 Å². The second kappa shape index (κ2) is 6.92. The highest BCUT2D eigenvalue weighted by Gasteiger charge is 2.55. The van der Waals surface area contributed by atoms with Gasteiger partial charge in [0.15, 0.2) is 0 Å². The fourth-order valence-corrected chi connectivity index (χ4v) is 4.37. The van der Waals surface area contributed by atoms with Crippen LogP contribution in [-0.4, -0.2) is 44.4 Å². The lowest BCUT2D eigenvalue weighted by atomic mass is 9.73. The first-order valence-electron chi connectivity index (χ1n) is 9.73. The van der Waals surface area contributed by atoms with Crippen LogP contribution in [-0.2, 0) is 23.2 Å². The Kier molecular flexibility index (Phi) is 4.56. The molecule has 8 nitrogen and oxygen atoms in total. The number of carbonyl (C=O) groups excluding carboxylic acids is 3. The highest BCUT2D eigenvalue weighted by Crippen LogP contribution is 2.38. The zero-order chi connectivity index (χ0) is 19.9. The number of para-hydroxylation sites is 2. The van der Waals surface area contributed by atoms with E-state index in [1.165, 1.54) is 0 Å². The van der Waals surface area contributed by atoms with E-state index in [4.69, 9.17) is 0 Å². The second-order valence-corrected chi connectivity index (χ2v) is 7.79. The van der Waals surface area contributed by atoms with Gasteiger partial charge in [-0.2, -0.15) is 0 Å². The summed E-state index contributed by atoms with van der Waals surface area (Å²) >= 11 is 0. The van der Waals surface area contributed by atoms with Crippen LogP contribution in [0.3, 0.4) is 0 Å². The summed E-state index contributed by atoms with van der Waals surface area (Å²) in [6.45, 7) is 1.95. The number of imidazole rings is 1. The van der Waals surface area contributed by atoms with E-state index in [-0.39, 0.29) is 30.8 Å². The molecule has 148 valence electrons. The summed E-state index contributed by atoms with van der Waals surface area (Å²) in [6, 6.07) is 7.25. The van der Waals surface area contributed by atoms with Crippen molar-refractivity contribution in [3.63, 3.8) is 0 Å². The lowest BCUT2D eigenvalue weighted by molar-refractivity contribution is -0.137. The number of aromatic nitrogens is 2. The van der Waals surface area contributed by atoms with E-state index in [0.29, 0.717) is 12.2 Å². The molecule has 0 bridgehead atoms. The molecule has 1 spiro atoms. The predicted octanol–water partition coefficient (Wildman–Crippen LogP) is 1.69. The van der Waals surface area contributed by atoms with Gasteiger partial charge in [-0.25, -0.2) is 9.78 Å². The summed E-state index contributed by atoms with van der Waals surface area (Å²) in [5.74, 6) is 0.133. The van der Waals surface area contributed by atoms with Gasteiger partial charge in [-0.15, -0.1) is 0 Å². The number of fused-ring (bicyclic) bond motifs is 1. The molecule has 2 N–H and O–H groups in total. The molecule has 1 aliphatic heterocycles. The number of amides is 4. The molecular formula is C20H25N5O3. The molecule has 2 heterocycles. The van der Waals surface area contributed by atoms with Gasteiger partial charge in [0.2, 0.25) is 5.91 Å². The zero-order valence-corrected chi connectivity index (χ0v) is 16.2. The van der Waals surface area contributed by atoms with Crippen molar-refractivity contribution in [1.29, 1.82) is 0 Å². The Morgan fingerprint density at radius 2 is 2.11 bits per heavy atom. The van der Waals surface area contributed by atoms with Gasteiger partial charge in [0.05, 0.1) is 17.6 Å². The summed E-state index contributed by atoms with van der Waals surface area (Å²) in [5.41, 5.74) is 0.998. The molecule has 2 aromatic rings. The number of nitrogens with one attached hydrogen (secondary N) is 2. The number of benzene rings is 1. The van der Waals surface area contributed by atoms with E-state index in [1.54, 1.807) is 0 Å². The van der Waals surface area contributed by atoms with Gasteiger partial charge < -0.3 is 15.2 Å². The molecule has 2 atom stereocenters. The molecule has 1 aliphatic carbocycles. The highest BCUT2D eigenvalue weighted by molar-refractivity contribution is 6.09. The van der Waals surface area contributed by atoms with Crippen molar-refractivity contribution in [3.05, 3.63) is 30.1 Å². The summed E-state index contributed by atoms with van der Waals surface area (Å²) in [4.78, 5) is 43.3. The Morgan fingerprint density at radius 3 is 2.86 bits per heavy atom. The van der Waals surface area contributed by atoms with Crippen molar-refractivity contribution in [1.82, 2.24) is 25.1 Å². The van der Waals surface area contributed by atoms with Gasteiger partial charge in [0.1, 0.15) is 17.9 Å². The van der Waals surface area contributed by atoms with Gasteiger partial charge in [-0.05, 0) is 30.9 Å². The van der Waals surface area contributed by atoms with Crippen LogP contribution in [0.5, 0.6) is 0 Å². The predicted molar refractivity (Wildman–Crippen MR) is 103 cm³/mol. The standard InChI is InChI=1S/C20H25N5O3/c1-13-7-5-6-10-20(13)18(27)25(19(28)23-20)12-17(26)21-11-16-22-14-8-3-4-9-15(14)24(16)2/h3-4,8-9,13H,5-7,10-12H2,1-2H3,(H,21,26)(H,23,28)/t13-,20-/m1/s1. The Bertz CT molecular complexity index is 952. The average Bonchev–Trinajstić information content (AvgIpc) is 3.12. The van der Waals surface area contributed by atoms with Crippen LogP contribution < -0.4 is 10.6 Å². The molecule has 1 saturated carbocycles. The van der Waals surface area contributed by atoms with Crippen LogP contribution in [0.4, 0.5) is 4.79 Å². The first-order chi connectivity index (χ1) is 13.4. The Morgan fingerprint density at radius 1 is 1.32 bits per heavy atom. The first kappa shape index (κ1) is 18.5. The number of carbonyl (C=O) groups is 3. The lowest BCUT2D eigenvalue weighted by Crippen LogP contribution is -2.54. The van der Waals surface area contributed by atoms with E-state index in [1.807, 2.05) is 42.8 Å². The van der Waals surface area contributed by atoms with Crippen molar-refractivity contribution >= 4 is 28.9 Å². The summed E-state index contributed by atoms with van der Waals surface area (Å²) in [6.07, 6.45) is 3.50. The number of hydrogen-bond acceptors (Lipinski definition) is 4. The minimum absolute atomic E-state index is 0.0748. The number of nitrogens with zero attached hydrogens (tertiary/aromatic N) is 3. The highest BCUT2D eigenvalue weighted by atomic mass is 16.2. The monoisotopic (exact) mass is 383 g/mol. The van der Waals surface area contributed by atoms with E-state index in [2.05, 4.69) is 15.6 Å². The number of aryl methyl sites for hydroxylation is 1. The van der Waals surface area contributed by atoms with Gasteiger partial charge in [0, 0.05) is 7.05 Å². The molecular weight excluding hydrogens is 358 g/mol. The first-order valence-corrected chi connectivity index (χ1v) is 9.73. The Balaban J connectivity index is 1.41. The van der Waals surface area contributed by atoms with Crippen LogP contribution in [0.25, 0.3) is 11.0 Å². The van der Waals surface area contributed by atoms with E-state index in [9.17, 15) is 14.4 Å². The summed E-state index contributed by atoms with van der Waals surface area (Å²) in [7, 11) is 1.89.